The molecule has 2 aromatic rings. The molecule has 0 aliphatic carbocycles. The summed E-state index contributed by atoms with van der Waals surface area (Å²) in [5.74, 6) is 1.40. The SMILES string of the molecule is CCn1c(SCC(=O)NC2=NCCS2)nnc1[C@@H](C)NC(=O)c1ccc(Cl)cc1. The predicted molar refractivity (Wildman–Crippen MR) is 117 cm³/mol. The summed E-state index contributed by atoms with van der Waals surface area (Å²) in [5, 5.41) is 16.0. The second-order valence-corrected chi connectivity index (χ2v) is 8.62. The van der Waals surface area contributed by atoms with E-state index in [2.05, 4.69) is 25.8 Å². The van der Waals surface area contributed by atoms with Crippen molar-refractivity contribution in [3.05, 3.63) is 40.7 Å². The number of aliphatic imine (C=N–C) groups is 1. The average Bonchev–Trinajstić information content (AvgIpc) is 3.36. The molecule has 0 radical (unpaired) electrons. The van der Waals surface area contributed by atoms with Gasteiger partial charge in [-0.2, -0.15) is 0 Å². The van der Waals surface area contributed by atoms with E-state index in [0.29, 0.717) is 33.3 Å². The van der Waals surface area contributed by atoms with Gasteiger partial charge < -0.3 is 15.2 Å². The number of hydrogen-bond acceptors (Lipinski definition) is 7. The highest BCUT2D eigenvalue weighted by molar-refractivity contribution is 8.14. The topological polar surface area (TPSA) is 101 Å². The van der Waals surface area contributed by atoms with Crippen molar-refractivity contribution in [1.82, 2.24) is 25.4 Å². The monoisotopic (exact) mass is 452 g/mol. The fraction of sp³-hybridized carbons (Fsp3) is 0.389. The van der Waals surface area contributed by atoms with E-state index in [9.17, 15) is 9.59 Å². The van der Waals surface area contributed by atoms with E-state index < -0.39 is 0 Å². The van der Waals surface area contributed by atoms with Crippen LogP contribution in [-0.4, -0.2) is 49.8 Å². The largest absolute Gasteiger partial charge is 0.342 e. The normalized spacial score (nSPS) is 14.4. The van der Waals surface area contributed by atoms with E-state index in [-0.39, 0.29) is 23.6 Å². The molecule has 0 fully saturated rings. The maximum Gasteiger partial charge on any atom is 0.251 e. The summed E-state index contributed by atoms with van der Waals surface area (Å²) in [7, 11) is 0. The Kier molecular flexibility index (Phi) is 7.57. The first-order chi connectivity index (χ1) is 14.0. The number of hydrogen-bond donors (Lipinski definition) is 2. The van der Waals surface area contributed by atoms with Crippen molar-refractivity contribution in [2.45, 2.75) is 31.6 Å². The Morgan fingerprint density at radius 1 is 1.31 bits per heavy atom. The molecule has 2 amide bonds. The van der Waals surface area contributed by atoms with E-state index in [1.54, 1.807) is 36.0 Å². The van der Waals surface area contributed by atoms with Gasteiger partial charge in [-0.25, -0.2) is 0 Å². The van der Waals surface area contributed by atoms with Gasteiger partial charge in [0.25, 0.3) is 5.91 Å². The quantitative estimate of drug-likeness (QED) is 0.626. The molecule has 1 atom stereocenters. The summed E-state index contributed by atoms with van der Waals surface area (Å²) in [6, 6.07) is 6.33. The van der Waals surface area contributed by atoms with Crippen LogP contribution in [0.3, 0.4) is 0 Å². The van der Waals surface area contributed by atoms with Crippen LogP contribution in [0.5, 0.6) is 0 Å². The predicted octanol–water partition coefficient (Wildman–Crippen LogP) is 2.75. The first-order valence-electron chi connectivity index (χ1n) is 9.07. The van der Waals surface area contributed by atoms with Gasteiger partial charge in [-0.05, 0) is 38.1 Å². The van der Waals surface area contributed by atoms with Gasteiger partial charge in [0, 0.05) is 22.9 Å². The maximum atomic E-state index is 12.4. The zero-order chi connectivity index (χ0) is 20.8. The van der Waals surface area contributed by atoms with Gasteiger partial charge in [0.2, 0.25) is 5.91 Å². The van der Waals surface area contributed by atoms with Crippen molar-refractivity contribution in [2.75, 3.05) is 18.1 Å². The molecule has 1 aliphatic heterocycles. The molecule has 1 aromatic heterocycles. The third kappa shape index (κ3) is 5.74. The lowest BCUT2D eigenvalue weighted by molar-refractivity contribution is -0.117. The van der Waals surface area contributed by atoms with Crippen LogP contribution < -0.4 is 10.6 Å². The van der Waals surface area contributed by atoms with E-state index >= 15 is 0 Å². The molecular weight excluding hydrogens is 432 g/mol. The molecule has 0 saturated heterocycles. The first kappa shape index (κ1) is 21.7. The fourth-order valence-electron chi connectivity index (χ4n) is 2.67. The van der Waals surface area contributed by atoms with Gasteiger partial charge in [-0.3, -0.25) is 14.6 Å². The average molecular weight is 453 g/mol. The standard InChI is InChI=1S/C18H21ClN6O2S2/c1-3-25-15(11(2)21-16(27)12-4-6-13(19)7-5-12)23-24-18(25)29-10-14(26)22-17-20-8-9-28-17/h4-7,11H,3,8-10H2,1-2H3,(H,21,27)(H,20,22,26)/t11-/m1/s1. The van der Waals surface area contributed by atoms with Crippen LogP contribution in [0.2, 0.25) is 5.02 Å². The molecule has 1 aliphatic rings. The van der Waals surface area contributed by atoms with E-state index in [4.69, 9.17) is 11.6 Å². The number of thioether (sulfide) groups is 2. The number of halogens is 1. The molecule has 8 nitrogen and oxygen atoms in total. The summed E-state index contributed by atoms with van der Waals surface area (Å²) in [6.45, 7) is 5.17. The second-order valence-electron chi connectivity index (χ2n) is 6.16. The highest BCUT2D eigenvalue weighted by Gasteiger charge is 2.20. The number of rotatable bonds is 7. The van der Waals surface area contributed by atoms with Gasteiger partial charge in [-0.1, -0.05) is 35.1 Å². The van der Waals surface area contributed by atoms with E-state index in [0.717, 1.165) is 12.3 Å². The van der Waals surface area contributed by atoms with Gasteiger partial charge in [0.15, 0.2) is 16.1 Å². The Bertz CT molecular complexity index is 916. The molecular formula is C18H21ClN6O2S2. The van der Waals surface area contributed by atoms with Crippen LogP contribution in [0, 0.1) is 0 Å². The van der Waals surface area contributed by atoms with Crippen LogP contribution in [0.1, 0.15) is 36.1 Å². The zero-order valence-electron chi connectivity index (χ0n) is 16.0. The van der Waals surface area contributed by atoms with E-state index in [1.807, 2.05) is 18.4 Å². The molecule has 11 heteroatoms. The highest BCUT2D eigenvalue weighted by Crippen LogP contribution is 2.21. The Morgan fingerprint density at radius 2 is 2.07 bits per heavy atom. The minimum absolute atomic E-state index is 0.126. The Balaban J connectivity index is 1.61. The number of carbonyl (C=O) groups is 2. The second kappa shape index (κ2) is 10.1. The summed E-state index contributed by atoms with van der Waals surface area (Å²) in [6.07, 6.45) is 0. The fourth-order valence-corrected chi connectivity index (χ4v) is 4.35. The van der Waals surface area contributed by atoms with E-state index in [1.165, 1.54) is 11.8 Å². The number of nitrogens with zero attached hydrogens (tertiary/aromatic N) is 4. The molecule has 29 heavy (non-hydrogen) atoms. The van der Waals surface area contributed by atoms with Gasteiger partial charge in [-0.15, -0.1) is 10.2 Å². The lowest BCUT2D eigenvalue weighted by Crippen LogP contribution is -2.29. The van der Waals surface area contributed by atoms with Gasteiger partial charge in [0.1, 0.15) is 0 Å². The van der Waals surface area contributed by atoms with Crippen molar-refractivity contribution >= 4 is 52.1 Å². The minimum atomic E-state index is -0.349. The van der Waals surface area contributed by atoms with Crippen LogP contribution in [0.25, 0.3) is 0 Å². The summed E-state index contributed by atoms with van der Waals surface area (Å²) in [5.41, 5.74) is 0.516. The van der Waals surface area contributed by atoms with Crippen LogP contribution >= 0.6 is 35.1 Å². The molecule has 0 unspecified atom stereocenters. The summed E-state index contributed by atoms with van der Waals surface area (Å²) in [4.78, 5) is 28.7. The van der Waals surface area contributed by atoms with Crippen molar-refractivity contribution in [3.8, 4) is 0 Å². The Morgan fingerprint density at radius 3 is 2.72 bits per heavy atom. The zero-order valence-corrected chi connectivity index (χ0v) is 18.4. The lowest BCUT2D eigenvalue weighted by atomic mass is 10.2. The molecule has 2 heterocycles. The number of amides is 2. The van der Waals surface area contributed by atoms with Crippen molar-refractivity contribution < 1.29 is 9.59 Å². The van der Waals surface area contributed by atoms with Crippen LogP contribution in [0.15, 0.2) is 34.4 Å². The molecule has 0 saturated carbocycles. The number of carbonyl (C=O) groups excluding carboxylic acids is 2. The van der Waals surface area contributed by atoms with Gasteiger partial charge in [0.05, 0.1) is 18.3 Å². The Labute approximate surface area is 182 Å². The van der Waals surface area contributed by atoms with Crippen LogP contribution in [0.4, 0.5) is 0 Å². The minimum Gasteiger partial charge on any atom is -0.342 e. The molecule has 3 rings (SSSR count). The molecule has 0 bridgehead atoms. The lowest BCUT2D eigenvalue weighted by Gasteiger charge is -2.15. The van der Waals surface area contributed by atoms with Crippen LogP contribution in [-0.2, 0) is 11.3 Å². The van der Waals surface area contributed by atoms with Crippen molar-refractivity contribution in [3.63, 3.8) is 0 Å². The molecule has 2 N–H and O–H groups in total. The third-order valence-electron chi connectivity index (χ3n) is 4.07. The first-order valence-corrected chi connectivity index (χ1v) is 11.4. The summed E-state index contributed by atoms with van der Waals surface area (Å²) >= 11 is 8.71. The Hall–Kier alpha value is -2.04. The molecule has 0 spiro atoms. The number of benzene rings is 1. The molecule has 154 valence electrons. The third-order valence-corrected chi connectivity index (χ3v) is 6.18. The van der Waals surface area contributed by atoms with Crippen molar-refractivity contribution in [2.24, 2.45) is 4.99 Å². The maximum absolute atomic E-state index is 12.4. The highest BCUT2D eigenvalue weighted by atomic mass is 35.5. The number of nitrogens with one attached hydrogen (secondary N) is 2. The smallest absolute Gasteiger partial charge is 0.251 e. The number of amidine groups is 1. The molecule has 1 aromatic carbocycles. The summed E-state index contributed by atoms with van der Waals surface area (Å²) < 4.78 is 1.90. The van der Waals surface area contributed by atoms with Crippen molar-refractivity contribution in [1.29, 1.82) is 0 Å². The number of aromatic nitrogens is 3. The van der Waals surface area contributed by atoms with Gasteiger partial charge >= 0.3 is 0 Å².